The molecule has 1 rings (SSSR count). The van der Waals surface area contributed by atoms with Gasteiger partial charge in [0.25, 0.3) is 9.05 Å². The Kier molecular flexibility index (Phi) is 3.77. The fourth-order valence-electron chi connectivity index (χ4n) is 1.05. The number of hydrogen-bond acceptors (Lipinski definition) is 6. The number of nitrogens with one attached hydrogen (secondary N) is 1. The Morgan fingerprint density at radius 2 is 1.95 bits per heavy atom. The number of ether oxygens (including phenoxy) is 1. The monoisotopic (exact) mass is 322 g/mol. The van der Waals surface area contributed by atoms with Crippen molar-refractivity contribution in [1.29, 1.82) is 0 Å². The van der Waals surface area contributed by atoms with Gasteiger partial charge in [0.2, 0.25) is 5.75 Å². The van der Waals surface area contributed by atoms with Gasteiger partial charge in [-0.1, -0.05) is 0 Å². The van der Waals surface area contributed by atoms with E-state index in [1.807, 2.05) is 0 Å². The molecule has 1 aromatic rings. The van der Waals surface area contributed by atoms with Crippen LogP contribution < -0.4 is 10.3 Å². The van der Waals surface area contributed by atoms with Gasteiger partial charge in [0, 0.05) is 16.9 Å². The molecule has 0 bridgehead atoms. The number of hydrogen-bond donors (Lipinski definition) is 1. The van der Waals surface area contributed by atoms with E-state index in [4.69, 9.17) is 10.7 Å². The van der Waals surface area contributed by atoms with Crippen molar-refractivity contribution in [2.24, 2.45) is 0 Å². The number of halogens is 4. The second-order valence-electron chi connectivity index (χ2n) is 2.90. The van der Waals surface area contributed by atoms with Gasteiger partial charge in [-0.05, 0) is 0 Å². The summed E-state index contributed by atoms with van der Waals surface area (Å²) in [5.41, 5.74) is -3.30. The van der Waals surface area contributed by atoms with Crippen molar-refractivity contribution in [2.45, 2.75) is 11.3 Å². The molecule has 1 N–H and O–H groups in total. The summed E-state index contributed by atoms with van der Waals surface area (Å²) in [7, 11) is -0.00420. The summed E-state index contributed by atoms with van der Waals surface area (Å²) in [4.78, 5) is 20.2. The van der Waals surface area contributed by atoms with Crippen LogP contribution in [0.2, 0.25) is 0 Å². The van der Waals surface area contributed by atoms with Crippen LogP contribution in [-0.2, 0) is 9.05 Å². The molecule has 0 aromatic carbocycles. The van der Waals surface area contributed by atoms with E-state index in [0.29, 0.717) is 0 Å². The zero-order chi connectivity index (χ0) is 15.0. The summed E-state index contributed by atoms with van der Waals surface area (Å²) >= 11 is 0. The van der Waals surface area contributed by atoms with Crippen LogP contribution in [0.5, 0.6) is 5.75 Å². The summed E-state index contributed by atoms with van der Waals surface area (Å²) < 4.78 is 61.5. The molecule has 1 aromatic heterocycles. The number of nitro groups is 1. The first-order valence-corrected chi connectivity index (χ1v) is 6.35. The number of aromatic nitrogens is 1. The Balaban J connectivity index is 3.74. The van der Waals surface area contributed by atoms with Crippen LogP contribution in [-0.4, -0.2) is 24.7 Å². The van der Waals surface area contributed by atoms with Crippen molar-refractivity contribution < 1.29 is 31.2 Å². The largest absolute Gasteiger partial charge is 0.573 e. The number of nitrogens with zero attached hydrogens (tertiary/aromatic N) is 1. The minimum Gasteiger partial charge on any atom is -0.397 e. The lowest BCUT2D eigenvalue weighted by molar-refractivity contribution is -0.390. The summed E-state index contributed by atoms with van der Waals surface area (Å²) in [5, 5.41) is 10.5. The molecule has 19 heavy (non-hydrogen) atoms. The van der Waals surface area contributed by atoms with Gasteiger partial charge in [0.05, 0.1) is 4.92 Å². The van der Waals surface area contributed by atoms with Crippen molar-refractivity contribution in [3.05, 3.63) is 26.7 Å². The average Bonchev–Trinajstić information content (AvgIpc) is 2.11. The summed E-state index contributed by atoms with van der Waals surface area (Å²) in [6.07, 6.45) is -5.19. The van der Waals surface area contributed by atoms with Crippen LogP contribution >= 0.6 is 10.7 Å². The molecule has 0 amide bonds. The van der Waals surface area contributed by atoms with Crippen LogP contribution in [0, 0.1) is 10.1 Å². The SMILES string of the molecule is O=c1[nH]cc(S(=O)(=O)Cl)c(OC(F)(F)F)c1[N+](=O)[O-]. The highest BCUT2D eigenvalue weighted by Gasteiger charge is 2.39. The number of rotatable bonds is 3. The molecule has 0 aliphatic rings. The Labute approximate surface area is 106 Å². The predicted molar refractivity (Wildman–Crippen MR) is 53.4 cm³/mol. The average molecular weight is 323 g/mol. The Bertz CT molecular complexity index is 681. The number of alkyl halides is 3. The molecule has 0 atom stereocenters. The topological polar surface area (TPSA) is 119 Å². The molecule has 0 saturated carbocycles. The fraction of sp³-hybridized carbons (Fsp3) is 0.167. The molecule has 0 unspecified atom stereocenters. The first kappa shape index (κ1) is 15.2. The van der Waals surface area contributed by atoms with Crippen LogP contribution in [0.1, 0.15) is 0 Å². The molecule has 8 nitrogen and oxygen atoms in total. The molecule has 106 valence electrons. The maximum atomic E-state index is 12.1. The van der Waals surface area contributed by atoms with Crippen molar-refractivity contribution >= 4 is 25.4 Å². The molecule has 0 aliphatic carbocycles. The van der Waals surface area contributed by atoms with Gasteiger partial charge in [0.15, 0.2) is 0 Å². The van der Waals surface area contributed by atoms with Gasteiger partial charge < -0.3 is 9.72 Å². The lowest BCUT2D eigenvalue weighted by Gasteiger charge is -2.10. The summed E-state index contributed by atoms with van der Waals surface area (Å²) in [6, 6.07) is 0. The van der Waals surface area contributed by atoms with E-state index in [-0.39, 0.29) is 6.20 Å². The third-order valence-corrected chi connectivity index (χ3v) is 2.98. The molecular formula is C6H2ClF3N2O6S. The Morgan fingerprint density at radius 1 is 1.42 bits per heavy atom. The number of aromatic amines is 1. The highest BCUT2D eigenvalue weighted by atomic mass is 35.7. The van der Waals surface area contributed by atoms with E-state index < -0.39 is 42.2 Å². The lowest BCUT2D eigenvalue weighted by atomic mass is 10.4. The van der Waals surface area contributed by atoms with Crippen LogP contribution in [0.25, 0.3) is 0 Å². The predicted octanol–water partition coefficient (Wildman–Crippen LogP) is 1.11. The lowest BCUT2D eigenvalue weighted by Crippen LogP contribution is -2.23. The van der Waals surface area contributed by atoms with E-state index >= 15 is 0 Å². The maximum Gasteiger partial charge on any atom is 0.573 e. The van der Waals surface area contributed by atoms with Crippen LogP contribution in [0.3, 0.4) is 0 Å². The molecule has 0 aliphatic heterocycles. The standard InChI is InChI=1S/C6H2ClF3N2O6S/c7-19(16,17)2-1-11-5(13)3(12(14)15)4(2)18-6(8,9)10/h1H,(H,11,13). The van der Waals surface area contributed by atoms with E-state index in [1.54, 1.807) is 4.98 Å². The van der Waals surface area contributed by atoms with Crippen molar-refractivity contribution in [3.63, 3.8) is 0 Å². The summed E-state index contributed by atoms with van der Waals surface area (Å²) in [5.74, 6) is -1.80. The van der Waals surface area contributed by atoms with Crippen LogP contribution in [0.4, 0.5) is 18.9 Å². The normalized spacial score (nSPS) is 12.2. The zero-order valence-corrected chi connectivity index (χ0v) is 9.97. The zero-order valence-electron chi connectivity index (χ0n) is 8.39. The molecular weight excluding hydrogens is 321 g/mol. The highest BCUT2D eigenvalue weighted by molar-refractivity contribution is 8.13. The van der Waals surface area contributed by atoms with Gasteiger partial charge in [-0.3, -0.25) is 14.9 Å². The minimum atomic E-state index is -5.45. The van der Waals surface area contributed by atoms with Gasteiger partial charge in [-0.2, -0.15) is 0 Å². The first-order valence-electron chi connectivity index (χ1n) is 4.04. The van der Waals surface area contributed by atoms with Crippen molar-refractivity contribution in [1.82, 2.24) is 4.98 Å². The highest BCUT2D eigenvalue weighted by Crippen LogP contribution is 2.36. The molecule has 0 saturated heterocycles. The van der Waals surface area contributed by atoms with Gasteiger partial charge in [0.1, 0.15) is 4.90 Å². The molecule has 13 heteroatoms. The van der Waals surface area contributed by atoms with Gasteiger partial charge in [-0.15, -0.1) is 13.2 Å². The molecule has 0 fully saturated rings. The smallest absolute Gasteiger partial charge is 0.397 e. The van der Waals surface area contributed by atoms with Gasteiger partial charge in [-0.25, -0.2) is 8.42 Å². The second kappa shape index (κ2) is 4.70. The Morgan fingerprint density at radius 3 is 2.32 bits per heavy atom. The second-order valence-corrected chi connectivity index (χ2v) is 5.44. The van der Waals surface area contributed by atoms with E-state index in [1.165, 1.54) is 0 Å². The third kappa shape index (κ3) is 3.57. The van der Waals surface area contributed by atoms with E-state index in [9.17, 15) is 36.5 Å². The Hall–Kier alpha value is -1.82. The quantitative estimate of drug-likeness (QED) is 0.505. The van der Waals surface area contributed by atoms with Gasteiger partial charge >= 0.3 is 17.6 Å². The first-order chi connectivity index (χ1) is 8.43. The summed E-state index contributed by atoms with van der Waals surface area (Å²) in [6.45, 7) is 0. The maximum absolute atomic E-state index is 12.1. The van der Waals surface area contributed by atoms with E-state index in [2.05, 4.69) is 4.74 Å². The molecule has 0 radical (unpaired) electrons. The third-order valence-electron chi connectivity index (χ3n) is 1.65. The molecule has 0 spiro atoms. The number of pyridine rings is 1. The van der Waals surface area contributed by atoms with Crippen molar-refractivity contribution in [3.8, 4) is 5.75 Å². The fourth-order valence-corrected chi connectivity index (χ4v) is 1.95. The molecule has 1 heterocycles. The minimum absolute atomic E-state index is 0.263. The van der Waals surface area contributed by atoms with Crippen molar-refractivity contribution in [2.75, 3.05) is 0 Å². The van der Waals surface area contributed by atoms with E-state index in [0.717, 1.165) is 0 Å². The van der Waals surface area contributed by atoms with Crippen LogP contribution in [0.15, 0.2) is 15.9 Å². The number of H-pyrrole nitrogens is 1.